The van der Waals surface area contributed by atoms with Gasteiger partial charge in [-0.05, 0) is 66.9 Å². The zero-order valence-electron chi connectivity index (χ0n) is 17.2. The van der Waals surface area contributed by atoms with Gasteiger partial charge in [-0.3, -0.25) is 4.98 Å². The summed E-state index contributed by atoms with van der Waals surface area (Å²) >= 11 is 0. The second kappa shape index (κ2) is 10.5. The molecule has 29 heavy (non-hydrogen) atoms. The number of benzene rings is 2. The minimum atomic E-state index is 0.161. The number of nitrogens with one attached hydrogen (secondary N) is 1. The Hall–Kier alpha value is -3.05. The lowest BCUT2D eigenvalue weighted by molar-refractivity contribution is 0.284. The van der Waals surface area contributed by atoms with E-state index in [9.17, 15) is 0 Å². The molecule has 3 rings (SSSR count). The first-order valence-corrected chi connectivity index (χ1v) is 9.84. The van der Waals surface area contributed by atoms with E-state index in [4.69, 9.17) is 14.2 Å². The fourth-order valence-electron chi connectivity index (χ4n) is 3.01. The van der Waals surface area contributed by atoms with Gasteiger partial charge >= 0.3 is 0 Å². The zero-order valence-corrected chi connectivity index (χ0v) is 17.2. The first-order chi connectivity index (χ1) is 14.2. The molecule has 0 bridgehead atoms. The highest BCUT2D eigenvalue weighted by Crippen LogP contribution is 2.31. The van der Waals surface area contributed by atoms with Crippen molar-refractivity contribution < 1.29 is 14.2 Å². The van der Waals surface area contributed by atoms with Gasteiger partial charge in [0.25, 0.3) is 0 Å². The van der Waals surface area contributed by atoms with E-state index in [1.807, 2.05) is 43.3 Å². The van der Waals surface area contributed by atoms with E-state index in [-0.39, 0.29) is 6.04 Å². The Morgan fingerprint density at radius 2 is 1.76 bits per heavy atom. The fraction of sp³-hybridized carbons (Fsp3) is 0.292. The van der Waals surface area contributed by atoms with Gasteiger partial charge in [-0.2, -0.15) is 0 Å². The summed E-state index contributed by atoms with van der Waals surface area (Å²) in [5.74, 6) is 2.35. The molecule has 0 saturated heterocycles. The highest BCUT2D eigenvalue weighted by Gasteiger charge is 2.11. The van der Waals surface area contributed by atoms with Gasteiger partial charge in [-0.25, -0.2) is 0 Å². The van der Waals surface area contributed by atoms with Crippen LogP contribution in [0.1, 0.15) is 36.6 Å². The Kier molecular flexibility index (Phi) is 7.47. The van der Waals surface area contributed by atoms with E-state index in [2.05, 4.69) is 35.4 Å². The first kappa shape index (κ1) is 20.7. The third-order valence-corrected chi connectivity index (χ3v) is 4.65. The van der Waals surface area contributed by atoms with Crippen LogP contribution in [0.5, 0.6) is 17.2 Å². The Bertz CT molecular complexity index is 900. The molecule has 1 N–H and O–H groups in total. The molecule has 3 aromatic rings. The lowest BCUT2D eigenvalue weighted by Crippen LogP contribution is -2.18. The highest BCUT2D eigenvalue weighted by molar-refractivity contribution is 5.44. The van der Waals surface area contributed by atoms with Crippen molar-refractivity contribution >= 4 is 0 Å². The predicted octanol–water partition coefficient (Wildman–Crippen LogP) is 4.92. The number of methoxy groups -OCH3 is 1. The Labute approximate surface area is 172 Å². The Morgan fingerprint density at radius 1 is 0.931 bits per heavy atom. The predicted molar refractivity (Wildman–Crippen MR) is 114 cm³/mol. The third-order valence-electron chi connectivity index (χ3n) is 4.65. The summed E-state index contributed by atoms with van der Waals surface area (Å²) in [5, 5.41) is 3.55. The standard InChI is InChI=1S/C24H28N2O3/c1-4-28-22-7-5-6-20(14-22)16-26-18(2)21-8-9-23(24(15-21)27-3)29-17-19-10-12-25-13-11-19/h5-15,18,26H,4,16-17H2,1-3H3. The Morgan fingerprint density at radius 3 is 2.52 bits per heavy atom. The molecule has 1 unspecified atom stereocenters. The molecule has 1 heterocycles. The van der Waals surface area contributed by atoms with Gasteiger partial charge in [0.15, 0.2) is 11.5 Å². The summed E-state index contributed by atoms with van der Waals surface area (Å²) in [6, 6.07) is 18.3. The molecular weight excluding hydrogens is 364 g/mol. The van der Waals surface area contributed by atoms with Crippen molar-refractivity contribution in [2.24, 2.45) is 0 Å². The van der Waals surface area contributed by atoms with Crippen LogP contribution in [0.2, 0.25) is 0 Å². The molecular formula is C24H28N2O3. The molecule has 0 amide bonds. The monoisotopic (exact) mass is 392 g/mol. The number of ether oxygens (including phenoxy) is 3. The van der Waals surface area contributed by atoms with Crippen molar-refractivity contribution in [3.05, 3.63) is 83.7 Å². The largest absolute Gasteiger partial charge is 0.494 e. The van der Waals surface area contributed by atoms with Gasteiger partial charge in [-0.15, -0.1) is 0 Å². The van der Waals surface area contributed by atoms with E-state index in [0.29, 0.717) is 13.2 Å². The smallest absolute Gasteiger partial charge is 0.161 e. The second-order valence-corrected chi connectivity index (χ2v) is 6.74. The van der Waals surface area contributed by atoms with Crippen LogP contribution in [-0.2, 0) is 13.2 Å². The fourth-order valence-corrected chi connectivity index (χ4v) is 3.01. The molecule has 0 spiro atoms. The molecule has 152 valence electrons. The molecule has 5 heteroatoms. The van der Waals surface area contributed by atoms with Crippen LogP contribution in [0.25, 0.3) is 0 Å². The van der Waals surface area contributed by atoms with Crippen molar-refractivity contribution in [3.8, 4) is 17.2 Å². The zero-order chi connectivity index (χ0) is 20.5. The van der Waals surface area contributed by atoms with Crippen molar-refractivity contribution in [3.63, 3.8) is 0 Å². The van der Waals surface area contributed by atoms with Crippen LogP contribution in [-0.4, -0.2) is 18.7 Å². The maximum Gasteiger partial charge on any atom is 0.161 e. The van der Waals surface area contributed by atoms with Crippen LogP contribution in [0, 0.1) is 0 Å². The molecule has 0 aliphatic rings. The number of hydrogen-bond donors (Lipinski definition) is 1. The molecule has 0 aliphatic heterocycles. The SMILES string of the molecule is CCOc1cccc(CNC(C)c2ccc(OCc3ccncc3)c(OC)c2)c1. The van der Waals surface area contributed by atoms with Crippen LogP contribution < -0.4 is 19.5 Å². The van der Waals surface area contributed by atoms with Gasteiger partial charge in [-0.1, -0.05) is 18.2 Å². The van der Waals surface area contributed by atoms with Crippen molar-refractivity contribution in [1.82, 2.24) is 10.3 Å². The van der Waals surface area contributed by atoms with Gasteiger partial charge in [0.2, 0.25) is 0 Å². The van der Waals surface area contributed by atoms with Gasteiger partial charge in [0.05, 0.1) is 13.7 Å². The molecule has 0 saturated carbocycles. The highest BCUT2D eigenvalue weighted by atomic mass is 16.5. The van der Waals surface area contributed by atoms with Crippen LogP contribution in [0.4, 0.5) is 0 Å². The molecule has 5 nitrogen and oxygen atoms in total. The molecule has 1 atom stereocenters. The van der Waals surface area contributed by atoms with E-state index in [1.165, 1.54) is 5.56 Å². The van der Waals surface area contributed by atoms with Crippen molar-refractivity contribution in [1.29, 1.82) is 0 Å². The summed E-state index contributed by atoms with van der Waals surface area (Å²) in [5.41, 5.74) is 3.39. The minimum Gasteiger partial charge on any atom is -0.494 e. The topological polar surface area (TPSA) is 52.6 Å². The number of aromatic nitrogens is 1. The normalized spacial score (nSPS) is 11.7. The molecule has 0 fully saturated rings. The number of rotatable bonds is 10. The lowest BCUT2D eigenvalue weighted by Gasteiger charge is -2.17. The van der Waals surface area contributed by atoms with Crippen molar-refractivity contribution in [2.75, 3.05) is 13.7 Å². The van der Waals surface area contributed by atoms with Crippen LogP contribution in [0.3, 0.4) is 0 Å². The van der Waals surface area contributed by atoms with Crippen molar-refractivity contribution in [2.45, 2.75) is 33.0 Å². The van der Waals surface area contributed by atoms with Gasteiger partial charge in [0, 0.05) is 25.0 Å². The van der Waals surface area contributed by atoms with E-state index < -0.39 is 0 Å². The lowest BCUT2D eigenvalue weighted by atomic mass is 10.1. The van der Waals surface area contributed by atoms with Gasteiger partial charge < -0.3 is 19.5 Å². The summed E-state index contributed by atoms with van der Waals surface area (Å²) in [4.78, 5) is 4.02. The third kappa shape index (κ3) is 5.96. The number of pyridine rings is 1. The Balaban J connectivity index is 1.61. The van der Waals surface area contributed by atoms with E-state index in [1.54, 1.807) is 19.5 Å². The van der Waals surface area contributed by atoms with Crippen LogP contribution in [0.15, 0.2) is 67.0 Å². The summed E-state index contributed by atoms with van der Waals surface area (Å²) in [7, 11) is 1.66. The van der Waals surface area contributed by atoms with Gasteiger partial charge in [0.1, 0.15) is 12.4 Å². The van der Waals surface area contributed by atoms with Crippen LogP contribution >= 0.6 is 0 Å². The minimum absolute atomic E-state index is 0.161. The molecule has 2 aromatic carbocycles. The maximum absolute atomic E-state index is 5.93. The summed E-state index contributed by atoms with van der Waals surface area (Å²) in [6.07, 6.45) is 3.52. The number of hydrogen-bond acceptors (Lipinski definition) is 5. The molecule has 0 radical (unpaired) electrons. The first-order valence-electron chi connectivity index (χ1n) is 9.84. The average molecular weight is 392 g/mol. The summed E-state index contributed by atoms with van der Waals surface area (Å²) < 4.78 is 17.1. The summed E-state index contributed by atoms with van der Waals surface area (Å²) in [6.45, 7) is 6.03. The molecule has 0 aliphatic carbocycles. The molecule has 1 aromatic heterocycles. The maximum atomic E-state index is 5.93. The number of nitrogens with zero attached hydrogens (tertiary/aromatic N) is 1. The average Bonchev–Trinajstić information content (AvgIpc) is 2.77. The second-order valence-electron chi connectivity index (χ2n) is 6.74. The quantitative estimate of drug-likeness (QED) is 0.531. The van der Waals surface area contributed by atoms with E-state index >= 15 is 0 Å². The van der Waals surface area contributed by atoms with E-state index in [0.717, 1.165) is 34.9 Å².